The maximum Gasteiger partial charge on any atom is 0.338 e. The molecule has 31 heavy (non-hydrogen) atoms. The Balaban J connectivity index is 1.90. The van der Waals surface area contributed by atoms with Gasteiger partial charge in [-0.1, -0.05) is 24.6 Å². The van der Waals surface area contributed by atoms with E-state index >= 15 is 0 Å². The molecular weight excluding hydrogens is 424 g/mol. The molecule has 1 N–H and O–H groups in total. The van der Waals surface area contributed by atoms with Crippen molar-refractivity contribution in [3.8, 4) is 11.5 Å². The maximum absolute atomic E-state index is 13.1. The molecule has 2 aromatic rings. The van der Waals surface area contributed by atoms with Crippen molar-refractivity contribution in [2.75, 3.05) is 31.0 Å². The van der Waals surface area contributed by atoms with Crippen LogP contribution in [0.3, 0.4) is 0 Å². The van der Waals surface area contributed by atoms with E-state index in [1.54, 1.807) is 30.3 Å². The van der Waals surface area contributed by atoms with Crippen LogP contribution in [0.25, 0.3) is 0 Å². The van der Waals surface area contributed by atoms with Gasteiger partial charge >= 0.3 is 5.97 Å². The lowest BCUT2D eigenvalue weighted by molar-refractivity contribution is -0.120. The number of amides is 2. The van der Waals surface area contributed by atoms with Gasteiger partial charge in [-0.05, 0) is 36.8 Å². The summed E-state index contributed by atoms with van der Waals surface area (Å²) < 4.78 is 15.6. The highest BCUT2D eigenvalue weighted by molar-refractivity contribution is 6.53. The highest BCUT2D eigenvalue weighted by atomic mass is 35.5. The Morgan fingerprint density at radius 3 is 2.52 bits per heavy atom. The number of carbonyl (C=O) groups excluding carboxylic acids is 3. The number of methoxy groups -OCH3 is 2. The van der Waals surface area contributed by atoms with Crippen LogP contribution >= 0.6 is 11.6 Å². The van der Waals surface area contributed by atoms with Crippen LogP contribution in [0.2, 0.25) is 0 Å². The highest BCUT2D eigenvalue weighted by Crippen LogP contribution is 2.35. The van der Waals surface area contributed by atoms with Gasteiger partial charge in [-0.3, -0.25) is 9.59 Å². The average Bonchev–Trinajstić information content (AvgIpc) is 3.00. The number of nitrogens with one attached hydrogen (secondary N) is 1. The molecule has 1 aliphatic rings. The molecule has 0 bridgehead atoms. The standard InChI is InChI=1S/C22H21ClN2O6/c1-4-10-31-22(28)13-6-5-7-14(11-13)25-20(26)18(23)19(21(25)27)24-16-12-15(29-2)8-9-17(16)30-3/h5-9,11-12,24H,4,10H2,1-3H3. The molecule has 0 aromatic heterocycles. The van der Waals surface area contributed by atoms with Crippen molar-refractivity contribution < 1.29 is 28.6 Å². The third-order valence-corrected chi connectivity index (χ3v) is 4.82. The van der Waals surface area contributed by atoms with E-state index in [4.69, 9.17) is 25.8 Å². The Labute approximate surface area is 184 Å². The third-order valence-electron chi connectivity index (χ3n) is 4.47. The first-order valence-corrected chi connectivity index (χ1v) is 9.83. The zero-order chi connectivity index (χ0) is 22.5. The normalized spacial score (nSPS) is 13.5. The molecule has 2 aromatic carbocycles. The zero-order valence-electron chi connectivity index (χ0n) is 17.2. The van der Waals surface area contributed by atoms with Crippen LogP contribution in [0.5, 0.6) is 11.5 Å². The Bertz CT molecular complexity index is 1070. The lowest BCUT2D eigenvalue weighted by Crippen LogP contribution is -2.32. The summed E-state index contributed by atoms with van der Waals surface area (Å²) >= 11 is 6.20. The highest BCUT2D eigenvalue weighted by Gasteiger charge is 2.39. The Morgan fingerprint density at radius 2 is 1.84 bits per heavy atom. The fourth-order valence-corrected chi connectivity index (χ4v) is 3.15. The summed E-state index contributed by atoms with van der Waals surface area (Å²) in [5, 5.41) is 2.59. The first kappa shape index (κ1) is 22.2. The van der Waals surface area contributed by atoms with Crippen molar-refractivity contribution in [3.05, 3.63) is 58.8 Å². The summed E-state index contributed by atoms with van der Waals surface area (Å²) in [6.45, 7) is 2.15. The molecule has 0 fully saturated rings. The van der Waals surface area contributed by atoms with Crippen molar-refractivity contribution in [2.45, 2.75) is 13.3 Å². The van der Waals surface area contributed by atoms with Gasteiger partial charge in [0.2, 0.25) is 0 Å². The minimum Gasteiger partial charge on any atom is -0.497 e. The molecule has 9 heteroatoms. The molecule has 0 saturated carbocycles. The molecule has 0 radical (unpaired) electrons. The van der Waals surface area contributed by atoms with Gasteiger partial charge in [0.05, 0.1) is 37.8 Å². The van der Waals surface area contributed by atoms with E-state index in [1.165, 1.54) is 26.4 Å². The number of esters is 1. The van der Waals surface area contributed by atoms with Crippen molar-refractivity contribution in [3.63, 3.8) is 0 Å². The van der Waals surface area contributed by atoms with Gasteiger partial charge in [-0.15, -0.1) is 0 Å². The fourth-order valence-electron chi connectivity index (χ4n) is 2.94. The quantitative estimate of drug-likeness (QED) is 0.490. The van der Waals surface area contributed by atoms with Gasteiger partial charge < -0.3 is 19.5 Å². The van der Waals surface area contributed by atoms with Gasteiger partial charge in [-0.2, -0.15) is 0 Å². The van der Waals surface area contributed by atoms with E-state index in [1.807, 2.05) is 6.92 Å². The van der Waals surface area contributed by atoms with E-state index in [9.17, 15) is 14.4 Å². The smallest absolute Gasteiger partial charge is 0.338 e. The van der Waals surface area contributed by atoms with Gasteiger partial charge in [0.25, 0.3) is 11.8 Å². The summed E-state index contributed by atoms with van der Waals surface area (Å²) in [7, 11) is 2.97. The summed E-state index contributed by atoms with van der Waals surface area (Å²) in [5.41, 5.74) is 0.708. The second-order valence-corrected chi connectivity index (χ2v) is 6.89. The second kappa shape index (κ2) is 9.53. The predicted octanol–water partition coefficient (Wildman–Crippen LogP) is 3.71. The first-order valence-electron chi connectivity index (χ1n) is 9.46. The minimum absolute atomic E-state index is 0.114. The van der Waals surface area contributed by atoms with Crippen molar-refractivity contribution in [2.24, 2.45) is 0 Å². The Morgan fingerprint density at radius 1 is 1.06 bits per heavy atom. The molecule has 1 heterocycles. The van der Waals surface area contributed by atoms with Crippen LogP contribution in [0.4, 0.5) is 11.4 Å². The van der Waals surface area contributed by atoms with Gasteiger partial charge in [0.1, 0.15) is 22.2 Å². The molecular formula is C22H21ClN2O6. The number of rotatable bonds is 8. The maximum atomic E-state index is 13.1. The van der Waals surface area contributed by atoms with Crippen molar-refractivity contribution >= 4 is 40.8 Å². The summed E-state index contributed by atoms with van der Waals surface area (Å²) in [5.74, 6) is -0.973. The van der Waals surface area contributed by atoms with E-state index in [0.717, 1.165) is 4.90 Å². The number of halogens is 1. The van der Waals surface area contributed by atoms with E-state index < -0.39 is 17.8 Å². The third kappa shape index (κ3) is 4.49. The van der Waals surface area contributed by atoms with Crippen LogP contribution in [0.15, 0.2) is 53.2 Å². The molecule has 3 rings (SSSR count). The first-order chi connectivity index (χ1) is 14.9. The molecule has 0 unspecified atom stereocenters. The number of nitrogens with zero attached hydrogens (tertiary/aromatic N) is 1. The van der Waals surface area contributed by atoms with Crippen LogP contribution < -0.4 is 19.7 Å². The zero-order valence-corrected chi connectivity index (χ0v) is 18.0. The lowest BCUT2D eigenvalue weighted by Gasteiger charge is -2.17. The monoisotopic (exact) mass is 444 g/mol. The van der Waals surface area contributed by atoms with E-state index in [2.05, 4.69) is 5.32 Å². The molecule has 8 nitrogen and oxygen atoms in total. The number of anilines is 2. The largest absolute Gasteiger partial charge is 0.497 e. The van der Waals surface area contributed by atoms with Gasteiger partial charge in [-0.25, -0.2) is 9.69 Å². The molecule has 2 amide bonds. The Hall–Kier alpha value is -3.52. The number of benzene rings is 2. The average molecular weight is 445 g/mol. The molecule has 0 spiro atoms. The van der Waals surface area contributed by atoms with Crippen molar-refractivity contribution in [1.29, 1.82) is 0 Å². The number of hydrogen-bond donors (Lipinski definition) is 1. The minimum atomic E-state index is -0.713. The van der Waals surface area contributed by atoms with E-state index in [-0.39, 0.29) is 28.6 Å². The molecule has 162 valence electrons. The molecule has 0 aliphatic carbocycles. The predicted molar refractivity (Wildman–Crippen MR) is 116 cm³/mol. The number of ether oxygens (including phenoxy) is 3. The van der Waals surface area contributed by atoms with E-state index in [0.29, 0.717) is 23.6 Å². The molecule has 0 saturated heterocycles. The van der Waals surface area contributed by atoms with Gasteiger partial charge in [0.15, 0.2) is 0 Å². The van der Waals surface area contributed by atoms with Crippen LogP contribution in [0, 0.1) is 0 Å². The summed E-state index contributed by atoms with van der Waals surface area (Å²) in [6.07, 6.45) is 0.677. The fraction of sp³-hybridized carbons (Fsp3) is 0.227. The van der Waals surface area contributed by atoms with Crippen LogP contribution in [0.1, 0.15) is 23.7 Å². The second-order valence-electron chi connectivity index (χ2n) is 6.51. The number of carbonyl (C=O) groups is 3. The number of hydrogen-bond acceptors (Lipinski definition) is 7. The van der Waals surface area contributed by atoms with Crippen LogP contribution in [-0.2, 0) is 14.3 Å². The molecule has 0 atom stereocenters. The van der Waals surface area contributed by atoms with Crippen LogP contribution in [-0.4, -0.2) is 38.6 Å². The molecule has 1 aliphatic heterocycles. The SMILES string of the molecule is CCCOC(=O)c1cccc(N2C(=O)C(Cl)=C(Nc3cc(OC)ccc3OC)C2=O)c1. The topological polar surface area (TPSA) is 94.2 Å². The van der Waals surface area contributed by atoms with Gasteiger partial charge in [0, 0.05) is 6.07 Å². The summed E-state index contributed by atoms with van der Waals surface area (Å²) in [6, 6.07) is 11.0. The Kier molecular flexibility index (Phi) is 6.81. The van der Waals surface area contributed by atoms with Crippen molar-refractivity contribution in [1.82, 2.24) is 0 Å². The lowest BCUT2D eigenvalue weighted by atomic mass is 10.2. The summed E-state index contributed by atoms with van der Waals surface area (Å²) in [4.78, 5) is 38.8. The number of imide groups is 1.